The van der Waals surface area contributed by atoms with E-state index >= 15 is 0 Å². The molecule has 1 aromatic heterocycles. The summed E-state index contributed by atoms with van der Waals surface area (Å²) in [6.45, 7) is 7.51. The highest BCUT2D eigenvalue weighted by atomic mass is 32.2. The van der Waals surface area contributed by atoms with Gasteiger partial charge in [0.25, 0.3) is 0 Å². The number of carbonyl (C=O) groups is 1. The minimum Gasteiger partial charge on any atom is -0.361 e. The molecule has 0 aliphatic carbocycles. The highest BCUT2D eigenvalue weighted by Crippen LogP contribution is 2.24. The molecule has 6 heteroatoms. The van der Waals surface area contributed by atoms with E-state index in [0.717, 1.165) is 28.3 Å². The first-order valence-electron chi connectivity index (χ1n) is 7.64. The third-order valence-electron chi connectivity index (χ3n) is 3.83. The second-order valence-corrected chi connectivity index (χ2v) is 7.14. The van der Waals surface area contributed by atoms with Gasteiger partial charge in [-0.25, -0.2) is 0 Å². The number of thioether (sulfide) groups is 1. The van der Waals surface area contributed by atoms with Gasteiger partial charge in [0.05, 0.1) is 22.9 Å². The van der Waals surface area contributed by atoms with Crippen molar-refractivity contribution in [1.29, 1.82) is 5.26 Å². The molecule has 0 radical (unpaired) electrons. The van der Waals surface area contributed by atoms with E-state index in [0.29, 0.717) is 11.5 Å². The number of aryl methyl sites for hydroxylation is 2. The Kier molecular flexibility index (Phi) is 5.68. The van der Waals surface area contributed by atoms with Crippen molar-refractivity contribution < 1.29 is 9.32 Å². The Morgan fingerprint density at radius 3 is 2.54 bits per heavy atom. The van der Waals surface area contributed by atoms with Crippen LogP contribution in [-0.2, 0) is 16.0 Å². The number of amides is 1. The summed E-state index contributed by atoms with van der Waals surface area (Å²) in [7, 11) is 0. The molecule has 0 atom stereocenters. The number of benzene rings is 1. The molecular formula is C18H21N3O2S. The Bertz CT molecular complexity index is 738. The molecule has 0 bridgehead atoms. The molecule has 0 aliphatic heterocycles. The highest BCUT2D eigenvalue weighted by Gasteiger charge is 2.19. The van der Waals surface area contributed by atoms with Gasteiger partial charge in [-0.15, -0.1) is 11.8 Å². The standard InChI is InChI=1S/C18H21N3O2S/c1-12-16(13(2)23-21-12)9-24-10-17(22)20-15-7-5-14(6-8-15)18(3,4)11-19/h5-8H,9-10H2,1-4H3,(H,20,22). The molecule has 0 saturated heterocycles. The second-order valence-electron chi connectivity index (χ2n) is 6.16. The van der Waals surface area contributed by atoms with Crippen LogP contribution in [0, 0.1) is 25.2 Å². The quantitative estimate of drug-likeness (QED) is 0.858. The summed E-state index contributed by atoms with van der Waals surface area (Å²) in [5.41, 5.74) is 3.05. The van der Waals surface area contributed by atoms with Crippen LogP contribution >= 0.6 is 11.8 Å². The second kappa shape index (κ2) is 7.54. The molecule has 1 N–H and O–H groups in total. The van der Waals surface area contributed by atoms with Crippen molar-refractivity contribution in [2.75, 3.05) is 11.1 Å². The molecule has 1 amide bonds. The zero-order valence-corrected chi connectivity index (χ0v) is 15.2. The van der Waals surface area contributed by atoms with Crippen LogP contribution in [0.4, 0.5) is 5.69 Å². The van der Waals surface area contributed by atoms with E-state index in [-0.39, 0.29) is 5.91 Å². The van der Waals surface area contributed by atoms with E-state index in [9.17, 15) is 4.79 Å². The number of hydrogen-bond donors (Lipinski definition) is 1. The highest BCUT2D eigenvalue weighted by molar-refractivity contribution is 7.99. The summed E-state index contributed by atoms with van der Waals surface area (Å²) in [6.07, 6.45) is 0. The molecule has 1 aromatic carbocycles. The first-order chi connectivity index (χ1) is 11.3. The maximum absolute atomic E-state index is 12.0. The minimum atomic E-state index is -0.535. The number of rotatable bonds is 6. The largest absolute Gasteiger partial charge is 0.361 e. The SMILES string of the molecule is Cc1noc(C)c1CSCC(=O)Nc1ccc(C(C)(C)C#N)cc1. The lowest BCUT2D eigenvalue weighted by molar-refractivity contribution is -0.113. The van der Waals surface area contributed by atoms with Gasteiger partial charge in [0.1, 0.15) is 5.76 Å². The topological polar surface area (TPSA) is 78.9 Å². The smallest absolute Gasteiger partial charge is 0.234 e. The molecule has 0 saturated carbocycles. The molecule has 5 nitrogen and oxygen atoms in total. The van der Waals surface area contributed by atoms with E-state index in [1.807, 2.05) is 52.0 Å². The summed E-state index contributed by atoms with van der Waals surface area (Å²) in [5, 5.41) is 15.9. The molecule has 0 aliphatic rings. The zero-order valence-electron chi connectivity index (χ0n) is 14.3. The lowest BCUT2D eigenvalue weighted by Crippen LogP contribution is -2.16. The van der Waals surface area contributed by atoms with Crippen LogP contribution in [0.5, 0.6) is 0 Å². The third kappa shape index (κ3) is 4.39. The molecule has 2 aromatic rings. The van der Waals surface area contributed by atoms with Crippen LogP contribution in [0.15, 0.2) is 28.8 Å². The van der Waals surface area contributed by atoms with Crippen molar-refractivity contribution >= 4 is 23.4 Å². The first-order valence-corrected chi connectivity index (χ1v) is 8.80. The van der Waals surface area contributed by atoms with E-state index in [1.165, 1.54) is 11.8 Å². The van der Waals surface area contributed by atoms with Crippen molar-refractivity contribution in [1.82, 2.24) is 5.16 Å². The van der Waals surface area contributed by atoms with Gasteiger partial charge >= 0.3 is 0 Å². The Morgan fingerprint density at radius 1 is 1.33 bits per heavy atom. The number of hydrogen-bond acceptors (Lipinski definition) is 5. The average Bonchev–Trinajstić information content (AvgIpc) is 2.87. The number of nitrogens with one attached hydrogen (secondary N) is 1. The number of anilines is 1. The van der Waals surface area contributed by atoms with Crippen LogP contribution in [-0.4, -0.2) is 16.8 Å². The molecule has 0 unspecified atom stereocenters. The summed E-state index contributed by atoms with van der Waals surface area (Å²) >= 11 is 1.52. The lowest BCUT2D eigenvalue weighted by Gasteiger charge is -2.16. The van der Waals surface area contributed by atoms with E-state index < -0.39 is 5.41 Å². The van der Waals surface area contributed by atoms with E-state index in [1.54, 1.807) is 0 Å². The van der Waals surface area contributed by atoms with Gasteiger partial charge in [-0.1, -0.05) is 17.3 Å². The van der Waals surface area contributed by atoms with Crippen molar-refractivity contribution in [2.45, 2.75) is 38.9 Å². The maximum Gasteiger partial charge on any atom is 0.234 e. The van der Waals surface area contributed by atoms with Gasteiger partial charge in [0.15, 0.2) is 0 Å². The van der Waals surface area contributed by atoms with Gasteiger partial charge in [-0.05, 0) is 45.4 Å². The predicted molar refractivity (Wildman–Crippen MR) is 95.8 cm³/mol. The number of nitrogens with zero attached hydrogens (tertiary/aromatic N) is 2. The summed E-state index contributed by atoms with van der Waals surface area (Å²) < 4.78 is 5.11. The first kappa shape index (κ1) is 18.1. The lowest BCUT2D eigenvalue weighted by atomic mass is 9.86. The number of carbonyl (C=O) groups excluding carboxylic acids is 1. The molecule has 0 spiro atoms. The Morgan fingerprint density at radius 2 is 2.00 bits per heavy atom. The van der Waals surface area contributed by atoms with Crippen LogP contribution in [0.2, 0.25) is 0 Å². The van der Waals surface area contributed by atoms with Crippen LogP contribution < -0.4 is 5.32 Å². The molecule has 24 heavy (non-hydrogen) atoms. The van der Waals surface area contributed by atoms with E-state index in [2.05, 4.69) is 16.5 Å². The van der Waals surface area contributed by atoms with E-state index in [4.69, 9.17) is 9.78 Å². The van der Waals surface area contributed by atoms with Crippen LogP contribution in [0.25, 0.3) is 0 Å². The monoisotopic (exact) mass is 343 g/mol. The van der Waals surface area contributed by atoms with Gasteiger partial charge in [-0.3, -0.25) is 4.79 Å². The fourth-order valence-corrected chi connectivity index (χ4v) is 3.16. The Hall–Kier alpha value is -2.26. The summed E-state index contributed by atoms with van der Waals surface area (Å²) in [5.74, 6) is 1.80. The van der Waals surface area contributed by atoms with Gasteiger partial charge in [-0.2, -0.15) is 5.26 Å². The zero-order chi connectivity index (χ0) is 17.7. The van der Waals surface area contributed by atoms with Gasteiger partial charge in [0, 0.05) is 17.0 Å². The summed E-state index contributed by atoms with van der Waals surface area (Å²) in [6, 6.07) is 9.66. The fourth-order valence-electron chi connectivity index (χ4n) is 2.19. The maximum atomic E-state index is 12.0. The minimum absolute atomic E-state index is 0.0564. The molecule has 2 rings (SSSR count). The molecule has 126 valence electrons. The van der Waals surface area contributed by atoms with Crippen molar-refractivity contribution in [2.24, 2.45) is 0 Å². The fraction of sp³-hybridized carbons (Fsp3) is 0.389. The third-order valence-corrected chi connectivity index (χ3v) is 4.79. The summed E-state index contributed by atoms with van der Waals surface area (Å²) in [4.78, 5) is 12.0. The van der Waals surface area contributed by atoms with Crippen LogP contribution in [0.3, 0.4) is 0 Å². The number of nitriles is 1. The van der Waals surface area contributed by atoms with Crippen LogP contribution in [0.1, 0.15) is 36.4 Å². The van der Waals surface area contributed by atoms with Crippen molar-refractivity contribution in [3.05, 3.63) is 46.8 Å². The van der Waals surface area contributed by atoms with Gasteiger partial charge in [0.2, 0.25) is 5.91 Å². The normalized spacial score (nSPS) is 11.1. The Labute approximate surface area is 146 Å². The predicted octanol–water partition coefficient (Wildman–Crippen LogP) is 3.96. The van der Waals surface area contributed by atoms with Gasteiger partial charge < -0.3 is 9.84 Å². The number of aromatic nitrogens is 1. The molecule has 1 heterocycles. The van der Waals surface area contributed by atoms with Crippen molar-refractivity contribution in [3.8, 4) is 6.07 Å². The van der Waals surface area contributed by atoms with Crippen molar-refractivity contribution in [3.63, 3.8) is 0 Å². The molecule has 0 fully saturated rings. The Balaban J connectivity index is 1.86. The molecular weight excluding hydrogens is 322 g/mol. The average molecular weight is 343 g/mol.